The molecule has 2 aromatic rings. The number of aryl methyl sites for hydroxylation is 1. The fraction of sp³-hybridized carbons (Fsp3) is 0.500. The van der Waals surface area contributed by atoms with Crippen molar-refractivity contribution < 1.29 is 14.3 Å². The van der Waals surface area contributed by atoms with Crippen LogP contribution in [-0.4, -0.2) is 69.3 Å². The number of carbonyl (C=O) groups excluding carboxylic acids is 2. The van der Waals surface area contributed by atoms with Crippen LogP contribution in [0.15, 0.2) is 12.4 Å². The van der Waals surface area contributed by atoms with Crippen molar-refractivity contribution in [2.24, 2.45) is 13.0 Å². The third-order valence-corrected chi connectivity index (χ3v) is 5.48. The quantitative estimate of drug-likeness (QED) is 0.686. The van der Waals surface area contributed by atoms with Gasteiger partial charge in [0, 0.05) is 44.8 Å². The maximum atomic E-state index is 12.5. The Morgan fingerprint density at radius 1 is 1.30 bits per heavy atom. The van der Waals surface area contributed by atoms with Crippen LogP contribution in [0.4, 0.5) is 5.95 Å². The Morgan fingerprint density at radius 2 is 2.07 bits per heavy atom. The summed E-state index contributed by atoms with van der Waals surface area (Å²) >= 11 is 0. The Balaban J connectivity index is 1.64. The second-order valence-electron chi connectivity index (χ2n) is 7.70. The van der Waals surface area contributed by atoms with Crippen molar-refractivity contribution in [3.63, 3.8) is 0 Å². The predicted molar refractivity (Wildman–Crippen MR) is 106 cm³/mol. The molecule has 0 aromatic carbocycles. The van der Waals surface area contributed by atoms with E-state index >= 15 is 0 Å². The van der Waals surface area contributed by atoms with Gasteiger partial charge in [-0.15, -0.1) is 0 Å². The third-order valence-electron chi connectivity index (χ3n) is 5.48. The van der Waals surface area contributed by atoms with Crippen molar-refractivity contribution in [2.45, 2.75) is 25.8 Å². The molecule has 1 aliphatic heterocycles. The summed E-state index contributed by atoms with van der Waals surface area (Å²) in [6.45, 7) is 3.83. The number of rotatable bonds is 4. The molecule has 10 nitrogen and oxygen atoms in total. The number of piperazine rings is 1. The predicted octanol–water partition coefficient (Wildman–Crippen LogP) is 0.982. The first-order chi connectivity index (χ1) is 14.4. The van der Waals surface area contributed by atoms with Crippen LogP contribution in [0.25, 0.3) is 11.3 Å². The van der Waals surface area contributed by atoms with Crippen LogP contribution in [0.5, 0.6) is 0 Å². The fourth-order valence-corrected chi connectivity index (χ4v) is 3.75. The van der Waals surface area contributed by atoms with Crippen LogP contribution in [0.2, 0.25) is 0 Å². The van der Waals surface area contributed by atoms with E-state index in [-0.39, 0.29) is 29.1 Å². The highest BCUT2D eigenvalue weighted by molar-refractivity contribution is 5.95. The lowest BCUT2D eigenvalue weighted by Crippen LogP contribution is -2.55. The first-order valence-electron chi connectivity index (χ1n) is 9.87. The van der Waals surface area contributed by atoms with Crippen molar-refractivity contribution in [2.75, 3.05) is 31.6 Å². The first kappa shape index (κ1) is 19.8. The molecule has 1 aliphatic carbocycles. The molecule has 156 valence electrons. The maximum Gasteiger partial charge on any atom is 0.359 e. The Morgan fingerprint density at radius 3 is 2.70 bits per heavy atom. The van der Waals surface area contributed by atoms with Gasteiger partial charge in [-0.25, -0.2) is 14.8 Å². The van der Waals surface area contributed by atoms with Gasteiger partial charge in [0.15, 0.2) is 5.69 Å². The van der Waals surface area contributed by atoms with Crippen molar-refractivity contribution in [1.82, 2.24) is 24.6 Å². The number of nitrogens with zero attached hydrogens (tertiary/aromatic N) is 7. The zero-order chi connectivity index (χ0) is 21.4. The minimum atomic E-state index is -0.601. The minimum Gasteiger partial charge on any atom is -0.464 e. The summed E-state index contributed by atoms with van der Waals surface area (Å²) in [5, 5.41) is 13.7. The van der Waals surface area contributed by atoms with E-state index in [0.29, 0.717) is 36.8 Å². The highest BCUT2D eigenvalue weighted by Crippen LogP contribution is 2.33. The number of amides is 1. The lowest BCUT2D eigenvalue weighted by Gasteiger charge is -2.40. The Labute approximate surface area is 174 Å². The SMILES string of the molecule is COC(=O)c1nn(C)cc1-c1nc(N2CCN(C(=O)C3CC3)[C@H](C)C2)ncc1C#N. The molecule has 2 aliphatic rings. The minimum absolute atomic E-state index is 0.0403. The van der Waals surface area contributed by atoms with E-state index in [1.165, 1.54) is 18.0 Å². The van der Waals surface area contributed by atoms with E-state index in [0.717, 1.165) is 12.8 Å². The molecule has 10 heteroatoms. The summed E-state index contributed by atoms with van der Waals surface area (Å²) in [6.07, 6.45) is 5.06. The molecule has 1 saturated carbocycles. The Hall–Kier alpha value is -3.48. The van der Waals surface area contributed by atoms with Crippen LogP contribution in [0.3, 0.4) is 0 Å². The molecular formula is C20H23N7O3. The van der Waals surface area contributed by atoms with Crippen molar-refractivity contribution in [3.8, 4) is 17.3 Å². The molecule has 3 heterocycles. The van der Waals surface area contributed by atoms with E-state index in [1.54, 1.807) is 13.2 Å². The van der Waals surface area contributed by atoms with Crippen LogP contribution >= 0.6 is 0 Å². The molecule has 0 radical (unpaired) electrons. The van der Waals surface area contributed by atoms with Gasteiger partial charge in [-0.2, -0.15) is 10.4 Å². The number of aromatic nitrogens is 4. The maximum absolute atomic E-state index is 12.5. The fourth-order valence-electron chi connectivity index (χ4n) is 3.75. The van der Waals surface area contributed by atoms with Gasteiger partial charge in [0.25, 0.3) is 0 Å². The summed E-state index contributed by atoms with van der Waals surface area (Å²) in [5.74, 6) is 0.283. The number of methoxy groups -OCH3 is 1. The summed E-state index contributed by atoms with van der Waals surface area (Å²) in [6, 6.07) is 2.12. The zero-order valence-electron chi connectivity index (χ0n) is 17.2. The van der Waals surface area contributed by atoms with Gasteiger partial charge in [-0.1, -0.05) is 0 Å². The van der Waals surface area contributed by atoms with Gasteiger partial charge in [0.2, 0.25) is 11.9 Å². The summed E-state index contributed by atoms with van der Waals surface area (Å²) in [4.78, 5) is 37.5. The average molecular weight is 409 g/mol. The van der Waals surface area contributed by atoms with Gasteiger partial charge in [-0.05, 0) is 19.8 Å². The lowest BCUT2D eigenvalue weighted by atomic mass is 10.1. The van der Waals surface area contributed by atoms with Crippen LogP contribution in [0, 0.1) is 17.2 Å². The average Bonchev–Trinajstić information content (AvgIpc) is 3.53. The van der Waals surface area contributed by atoms with Gasteiger partial charge in [0.05, 0.1) is 30.1 Å². The first-order valence-corrected chi connectivity index (χ1v) is 9.87. The largest absolute Gasteiger partial charge is 0.464 e. The van der Waals surface area contributed by atoms with Crippen molar-refractivity contribution in [3.05, 3.63) is 23.7 Å². The number of hydrogen-bond acceptors (Lipinski definition) is 8. The highest BCUT2D eigenvalue weighted by Gasteiger charge is 2.37. The number of ether oxygens (including phenoxy) is 1. The number of esters is 1. The van der Waals surface area contributed by atoms with Gasteiger partial charge < -0.3 is 14.5 Å². The molecule has 1 atom stereocenters. The van der Waals surface area contributed by atoms with E-state index in [9.17, 15) is 14.9 Å². The smallest absolute Gasteiger partial charge is 0.359 e. The second kappa shape index (κ2) is 7.74. The lowest BCUT2D eigenvalue weighted by molar-refractivity contribution is -0.134. The van der Waals surface area contributed by atoms with Crippen LogP contribution < -0.4 is 4.90 Å². The Bertz CT molecular complexity index is 1040. The number of nitriles is 1. The number of carbonyl (C=O) groups is 2. The molecule has 2 aromatic heterocycles. The summed E-state index contributed by atoms with van der Waals surface area (Å²) in [7, 11) is 2.96. The van der Waals surface area contributed by atoms with E-state index in [4.69, 9.17) is 4.74 Å². The summed E-state index contributed by atoms with van der Waals surface area (Å²) in [5.41, 5.74) is 1.09. The molecule has 0 N–H and O–H groups in total. The van der Waals surface area contributed by atoms with Crippen molar-refractivity contribution >= 4 is 17.8 Å². The molecule has 0 spiro atoms. The van der Waals surface area contributed by atoms with Gasteiger partial charge in [-0.3, -0.25) is 9.48 Å². The zero-order valence-corrected chi connectivity index (χ0v) is 17.2. The van der Waals surface area contributed by atoms with Crippen LogP contribution in [-0.2, 0) is 16.6 Å². The molecule has 1 amide bonds. The van der Waals surface area contributed by atoms with Gasteiger partial charge >= 0.3 is 5.97 Å². The molecule has 1 saturated heterocycles. The molecular weight excluding hydrogens is 386 g/mol. The number of hydrogen-bond donors (Lipinski definition) is 0. The molecule has 2 fully saturated rings. The van der Waals surface area contributed by atoms with Gasteiger partial charge in [0.1, 0.15) is 6.07 Å². The molecule has 4 rings (SSSR count). The monoisotopic (exact) mass is 409 g/mol. The van der Waals surface area contributed by atoms with E-state index in [1.807, 2.05) is 16.7 Å². The normalized spacial score (nSPS) is 18.8. The molecule has 0 bridgehead atoms. The standard InChI is InChI=1S/C20H23N7O3/c1-12-10-26(6-7-27(12)18(28)13-4-5-13)20-22-9-14(8-21)16(23-20)15-11-25(2)24-17(15)19(29)30-3/h9,11-13H,4-7,10H2,1-3H3/t12-/m1/s1. The highest BCUT2D eigenvalue weighted by atomic mass is 16.5. The topological polar surface area (TPSA) is 117 Å². The number of anilines is 1. The second-order valence-corrected chi connectivity index (χ2v) is 7.70. The van der Waals surface area contributed by atoms with Crippen LogP contribution in [0.1, 0.15) is 35.8 Å². The Kier molecular flexibility index (Phi) is 5.11. The summed E-state index contributed by atoms with van der Waals surface area (Å²) < 4.78 is 6.30. The molecule has 0 unspecified atom stereocenters. The van der Waals surface area contributed by atoms with E-state index < -0.39 is 5.97 Å². The third kappa shape index (κ3) is 3.58. The van der Waals surface area contributed by atoms with E-state index in [2.05, 4.69) is 21.1 Å². The van der Waals surface area contributed by atoms with Crippen molar-refractivity contribution in [1.29, 1.82) is 5.26 Å². The molecule has 30 heavy (non-hydrogen) atoms.